The Bertz CT molecular complexity index is 361. The van der Waals surface area contributed by atoms with Gasteiger partial charge in [0.2, 0.25) is 12.1 Å². The fraction of sp³-hybridized carbons (Fsp3) is 1.00. The molecule has 0 atom stereocenters. The smallest absolute Gasteiger partial charge is 0.276 e. The minimum atomic E-state index is -6.49. The summed E-state index contributed by atoms with van der Waals surface area (Å²) in [6, 6.07) is -10.1. The maximum absolute atomic E-state index is 12.4. The van der Waals surface area contributed by atoms with Gasteiger partial charge < -0.3 is 0 Å². The first kappa shape index (κ1) is 23.9. The summed E-state index contributed by atoms with van der Waals surface area (Å²) >= 11 is 0. The SMILES string of the molecule is FC(F)(F)C(NC(C(F)(F)F)C(F)(F)F)NC(C(F)(F)F)C(F)(F)F. The summed E-state index contributed by atoms with van der Waals surface area (Å²) < 4.78 is 183. The second-order valence-corrected chi connectivity index (χ2v) is 4.34. The van der Waals surface area contributed by atoms with Crippen molar-refractivity contribution in [3.05, 3.63) is 0 Å². The van der Waals surface area contributed by atoms with E-state index >= 15 is 0 Å². The van der Waals surface area contributed by atoms with Gasteiger partial charge >= 0.3 is 30.9 Å². The molecule has 0 aliphatic carbocycles. The van der Waals surface area contributed by atoms with Crippen molar-refractivity contribution in [2.75, 3.05) is 0 Å². The van der Waals surface area contributed by atoms with Gasteiger partial charge in [0.1, 0.15) is 0 Å². The third-order valence-electron chi connectivity index (χ3n) is 2.30. The molecule has 0 saturated heterocycles. The molecule has 152 valence electrons. The Balaban J connectivity index is 5.82. The predicted octanol–water partition coefficient (Wildman–Crippen LogP) is 4.04. The van der Waals surface area contributed by atoms with Gasteiger partial charge in [-0.05, 0) is 0 Å². The van der Waals surface area contributed by atoms with Crippen LogP contribution in [0.2, 0.25) is 0 Å². The lowest BCUT2D eigenvalue weighted by molar-refractivity contribution is -0.284. The van der Waals surface area contributed by atoms with E-state index in [2.05, 4.69) is 0 Å². The lowest BCUT2D eigenvalue weighted by atomic mass is 10.2. The predicted molar refractivity (Wildman–Crippen MR) is 47.9 cm³/mol. The molecule has 0 radical (unpaired) electrons. The van der Waals surface area contributed by atoms with Crippen molar-refractivity contribution in [2.45, 2.75) is 49.1 Å². The van der Waals surface area contributed by atoms with E-state index < -0.39 is 49.1 Å². The number of nitrogens with one attached hydrogen (secondary N) is 2. The van der Waals surface area contributed by atoms with E-state index in [9.17, 15) is 65.9 Å². The summed E-state index contributed by atoms with van der Waals surface area (Å²) in [5, 5.41) is -0.675. The van der Waals surface area contributed by atoms with Gasteiger partial charge in [0, 0.05) is 0 Å². The van der Waals surface area contributed by atoms with Gasteiger partial charge in [0.25, 0.3) is 0 Å². The van der Waals surface area contributed by atoms with E-state index in [0.717, 1.165) is 0 Å². The van der Waals surface area contributed by atoms with E-state index in [0.29, 0.717) is 0 Å². The topological polar surface area (TPSA) is 24.1 Å². The first-order valence-corrected chi connectivity index (χ1v) is 5.43. The van der Waals surface area contributed by atoms with Crippen LogP contribution in [0.15, 0.2) is 0 Å². The molecule has 0 aromatic heterocycles. The molecule has 0 spiro atoms. The Morgan fingerprint density at radius 1 is 0.360 bits per heavy atom. The standard InChI is InChI=1S/C8H5F15N2/c9-4(10,11)1(5(12,13)14)24-3(8(21,22)23)25-2(6(15,16)17)7(18,19)20/h1-3,24-25H. The summed E-state index contributed by atoms with van der Waals surface area (Å²) in [5.41, 5.74) is 0. The summed E-state index contributed by atoms with van der Waals surface area (Å²) in [5.74, 6) is 0. The second-order valence-electron chi connectivity index (χ2n) is 4.34. The molecule has 0 unspecified atom stereocenters. The highest BCUT2D eigenvalue weighted by Crippen LogP contribution is 2.37. The number of hydrogen-bond donors (Lipinski definition) is 2. The van der Waals surface area contributed by atoms with Crippen LogP contribution in [0, 0.1) is 0 Å². The van der Waals surface area contributed by atoms with Gasteiger partial charge in [-0.25, -0.2) is 0 Å². The van der Waals surface area contributed by atoms with Gasteiger partial charge in [0.05, 0.1) is 0 Å². The molecule has 0 saturated carbocycles. The molecule has 0 bridgehead atoms. The monoisotopic (exact) mass is 414 g/mol. The minimum Gasteiger partial charge on any atom is -0.276 e. The molecule has 0 heterocycles. The summed E-state index contributed by atoms with van der Waals surface area (Å²) in [4.78, 5) is 0. The van der Waals surface area contributed by atoms with Crippen molar-refractivity contribution in [3.8, 4) is 0 Å². The van der Waals surface area contributed by atoms with Crippen molar-refractivity contribution < 1.29 is 65.9 Å². The van der Waals surface area contributed by atoms with Crippen LogP contribution >= 0.6 is 0 Å². The summed E-state index contributed by atoms with van der Waals surface area (Å²) in [6.45, 7) is 0. The Morgan fingerprint density at radius 3 is 0.680 bits per heavy atom. The average molecular weight is 414 g/mol. The zero-order valence-corrected chi connectivity index (χ0v) is 10.9. The Morgan fingerprint density at radius 2 is 0.560 bits per heavy atom. The van der Waals surface area contributed by atoms with Crippen LogP contribution < -0.4 is 10.6 Å². The number of rotatable bonds is 4. The highest BCUT2D eigenvalue weighted by Gasteiger charge is 2.63. The molecular weight excluding hydrogens is 409 g/mol. The molecule has 0 aromatic rings. The largest absolute Gasteiger partial charge is 0.417 e. The van der Waals surface area contributed by atoms with E-state index in [1.54, 1.807) is 0 Å². The Labute approximate surface area is 127 Å². The number of hydrogen-bond acceptors (Lipinski definition) is 2. The third kappa shape index (κ3) is 7.33. The highest BCUT2D eigenvalue weighted by atomic mass is 19.4. The minimum absolute atomic E-state index is 0.337. The molecule has 0 aliphatic heterocycles. The Kier molecular flexibility index (Phi) is 6.57. The van der Waals surface area contributed by atoms with Gasteiger partial charge in [0.15, 0.2) is 6.17 Å². The second kappa shape index (κ2) is 6.88. The molecule has 2 nitrogen and oxygen atoms in total. The van der Waals surface area contributed by atoms with Crippen molar-refractivity contribution in [2.24, 2.45) is 0 Å². The van der Waals surface area contributed by atoms with Crippen LogP contribution in [0.3, 0.4) is 0 Å². The molecule has 2 N–H and O–H groups in total. The zero-order valence-electron chi connectivity index (χ0n) is 10.9. The van der Waals surface area contributed by atoms with Crippen molar-refractivity contribution in [3.63, 3.8) is 0 Å². The number of halogens is 15. The van der Waals surface area contributed by atoms with E-state index in [4.69, 9.17) is 0 Å². The van der Waals surface area contributed by atoms with Crippen LogP contribution in [0.1, 0.15) is 0 Å². The molecule has 0 fully saturated rings. The van der Waals surface area contributed by atoms with E-state index in [1.165, 1.54) is 0 Å². The molecular formula is C8H5F15N2. The molecule has 0 aliphatic rings. The molecule has 25 heavy (non-hydrogen) atoms. The van der Waals surface area contributed by atoms with E-state index in [-0.39, 0.29) is 10.6 Å². The maximum atomic E-state index is 12.4. The van der Waals surface area contributed by atoms with Gasteiger partial charge in [-0.2, -0.15) is 65.9 Å². The van der Waals surface area contributed by atoms with Crippen molar-refractivity contribution in [1.82, 2.24) is 10.6 Å². The van der Waals surface area contributed by atoms with Crippen LogP contribution in [0.25, 0.3) is 0 Å². The molecule has 0 rings (SSSR count). The van der Waals surface area contributed by atoms with Crippen molar-refractivity contribution in [1.29, 1.82) is 0 Å². The molecule has 0 aromatic carbocycles. The van der Waals surface area contributed by atoms with Gasteiger partial charge in [-0.1, -0.05) is 0 Å². The first-order chi connectivity index (χ1) is 10.6. The Hall–Kier alpha value is -1.13. The number of alkyl halides is 15. The first-order valence-electron chi connectivity index (χ1n) is 5.43. The summed E-state index contributed by atoms with van der Waals surface area (Å²) in [6.07, 6.45) is -37.0. The van der Waals surface area contributed by atoms with Crippen LogP contribution in [-0.2, 0) is 0 Å². The van der Waals surface area contributed by atoms with Crippen LogP contribution in [-0.4, -0.2) is 49.1 Å². The van der Waals surface area contributed by atoms with Gasteiger partial charge in [-0.3, -0.25) is 10.6 Å². The zero-order chi connectivity index (χ0) is 20.6. The quantitative estimate of drug-likeness (QED) is 0.536. The van der Waals surface area contributed by atoms with Crippen LogP contribution in [0.5, 0.6) is 0 Å². The van der Waals surface area contributed by atoms with Crippen LogP contribution in [0.4, 0.5) is 65.9 Å². The van der Waals surface area contributed by atoms with Gasteiger partial charge in [-0.15, -0.1) is 0 Å². The fourth-order valence-electron chi connectivity index (χ4n) is 1.32. The third-order valence-corrected chi connectivity index (χ3v) is 2.30. The average Bonchev–Trinajstić information content (AvgIpc) is 2.18. The molecule has 17 heteroatoms. The maximum Gasteiger partial charge on any atom is 0.417 e. The fourth-order valence-corrected chi connectivity index (χ4v) is 1.32. The lowest BCUT2D eigenvalue weighted by Gasteiger charge is -2.34. The van der Waals surface area contributed by atoms with E-state index in [1.807, 2.05) is 0 Å². The summed E-state index contributed by atoms with van der Waals surface area (Å²) in [7, 11) is 0. The van der Waals surface area contributed by atoms with Crippen molar-refractivity contribution >= 4 is 0 Å². The normalized spacial score (nSPS) is 15.6. The highest BCUT2D eigenvalue weighted by molar-refractivity contribution is 4.92. The molecule has 0 amide bonds. The lowest BCUT2D eigenvalue weighted by Crippen LogP contribution is -2.68.